The van der Waals surface area contributed by atoms with E-state index in [-0.39, 0.29) is 18.0 Å². The standard InChI is InChI=1S/C21H17ClN6O2/c1-27-20(28-10-16-13(21(28)30)3-2-4-17(16)22)15(9-24-27)11-5-6-12-14(7-11)18(8-23)25-26-19(12)29/h2-7,9H,8,10,23H2,1H3,(H,26,29). The van der Waals surface area contributed by atoms with Gasteiger partial charge in [-0.25, -0.2) is 5.10 Å². The Bertz CT molecular complexity index is 1390. The van der Waals surface area contributed by atoms with Crippen molar-refractivity contribution in [3.05, 3.63) is 74.8 Å². The topological polar surface area (TPSA) is 110 Å². The molecule has 0 unspecified atom stereocenters. The van der Waals surface area contributed by atoms with Crippen molar-refractivity contribution in [1.29, 1.82) is 0 Å². The molecule has 0 saturated heterocycles. The Balaban J connectivity index is 1.67. The number of rotatable bonds is 3. The molecule has 3 N–H and O–H groups in total. The summed E-state index contributed by atoms with van der Waals surface area (Å²) in [5.41, 5.74) is 9.08. The summed E-state index contributed by atoms with van der Waals surface area (Å²) in [5, 5.41) is 12.6. The Morgan fingerprint density at radius 3 is 2.77 bits per heavy atom. The summed E-state index contributed by atoms with van der Waals surface area (Å²) in [6, 6.07) is 10.8. The summed E-state index contributed by atoms with van der Waals surface area (Å²) in [4.78, 5) is 26.9. The molecule has 0 atom stereocenters. The minimum atomic E-state index is -0.278. The van der Waals surface area contributed by atoms with E-state index in [1.54, 1.807) is 47.1 Å². The van der Waals surface area contributed by atoms with E-state index in [0.717, 1.165) is 16.7 Å². The molecule has 8 nitrogen and oxygen atoms in total. The molecule has 1 aliphatic heterocycles. The van der Waals surface area contributed by atoms with Gasteiger partial charge >= 0.3 is 0 Å². The molecule has 0 fully saturated rings. The molecule has 5 rings (SSSR count). The van der Waals surface area contributed by atoms with Gasteiger partial charge in [0, 0.05) is 40.7 Å². The number of carbonyl (C=O) groups is 1. The molecule has 150 valence electrons. The van der Waals surface area contributed by atoms with E-state index in [2.05, 4.69) is 15.3 Å². The number of carbonyl (C=O) groups excluding carboxylic acids is 1. The summed E-state index contributed by atoms with van der Waals surface area (Å²) < 4.78 is 1.66. The predicted molar refractivity (Wildman–Crippen MR) is 114 cm³/mol. The highest BCUT2D eigenvalue weighted by Gasteiger charge is 2.33. The summed E-state index contributed by atoms with van der Waals surface area (Å²) in [7, 11) is 1.79. The number of aryl methyl sites for hydroxylation is 1. The molecule has 0 bridgehead atoms. The molecular weight excluding hydrogens is 404 g/mol. The Morgan fingerprint density at radius 2 is 2.00 bits per heavy atom. The molecule has 1 amide bonds. The molecule has 0 spiro atoms. The summed E-state index contributed by atoms with van der Waals surface area (Å²) in [6.07, 6.45) is 1.71. The lowest BCUT2D eigenvalue weighted by Crippen LogP contribution is -2.26. The monoisotopic (exact) mass is 420 g/mol. The van der Waals surface area contributed by atoms with Crippen LogP contribution in [0.4, 0.5) is 5.82 Å². The van der Waals surface area contributed by atoms with Gasteiger partial charge in [-0.15, -0.1) is 0 Å². The average molecular weight is 421 g/mol. The van der Waals surface area contributed by atoms with Crippen molar-refractivity contribution in [2.45, 2.75) is 13.1 Å². The van der Waals surface area contributed by atoms with Crippen molar-refractivity contribution >= 4 is 34.1 Å². The van der Waals surface area contributed by atoms with Gasteiger partial charge in [-0.05, 0) is 29.8 Å². The molecule has 0 saturated carbocycles. The number of hydrogen-bond acceptors (Lipinski definition) is 5. The number of benzene rings is 2. The third-order valence-corrected chi connectivity index (χ3v) is 5.80. The molecule has 3 heterocycles. The van der Waals surface area contributed by atoms with E-state index in [9.17, 15) is 9.59 Å². The molecule has 30 heavy (non-hydrogen) atoms. The first-order valence-electron chi connectivity index (χ1n) is 9.32. The largest absolute Gasteiger partial charge is 0.325 e. The van der Waals surface area contributed by atoms with Crippen LogP contribution >= 0.6 is 11.6 Å². The maximum Gasteiger partial charge on any atom is 0.272 e. The predicted octanol–water partition coefficient (Wildman–Crippen LogP) is 2.60. The fourth-order valence-corrected chi connectivity index (χ4v) is 4.20. The van der Waals surface area contributed by atoms with Crippen LogP contribution in [0.2, 0.25) is 5.02 Å². The molecule has 0 radical (unpaired) electrons. The highest BCUT2D eigenvalue weighted by molar-refractivity contribution is 6.32. The fraction of sp³-hybridized carbons (Fsp3) is 0.143. The number of nitrogens with two attached hydrogens (primary N) is 1. The van der Waals surface area contributed by atoms with Crippen molar-refractivity contribution < 1.29 is 4.79 Å². The van der Waals surface area contributed by atoms with Gasteiger partial charge in [-0.1, -0.05) is 23.7 Å². The lowest BCUT2D eigenvalue weighted by Gasteiger charge is -2.18. The number of halogens is 1. The fourth-order valence-electron chi connectivity index (χ4n) is 3.96. The zero-order valence-corrected chi connectivity index (χ0v) is 16.8. The molecule has 0 aliphatic carbocycles. The van der Waals surface area contributed by atoms with Crippen LogP contribution in [0.1, 0.15) is 21.6 Å². The number of aromatic amines is 1. The van der Waals surface area contributed by atoms with Crippen molar-refractivity contribution in [3.8, 4) is 11.1 Å². The Labute approximate surface area is 175 Å². The maximum atomic E-state index is 13.1. The number of anilines is 1. The molecule has 1 aliphatic rings. The Kier molecular flexibility index (Phi) is 4.19. The lowest BCUT2D eigenvalue weighted by atomic mass is 10.0. The van der Waals surface area contributed by atoms with E-state index < -0.39 is 0 Å². The summed E-state index contributed by atoms with van der Waals surface area (Å²) >= 11 is 6.32. The molecule has 4 aromatic rings. The second-order valence-corrected chi connectivity index (χ2v) is 7.53. The number of aromatic nitrogens is 4. The number of fused-ring (bicyclic) bond motifs is 2. The minimum Gasteiger partial charge on any atom is -0.325 e. The minimum absolute atomic E-state index is 0.126. The van der Waals surface area contributed by atoms with Crippen LogP contribution in [0.25, 0.3) is 21.9 Å². The third-order valence-electron chi connectivity index (χ3n) is 5.45. The second kappa shape index (κ2) is 6.79. The van der Waals surface area contributed by atoms with Gasteiger partial charge in [-0.3, -0.25) is 19.2 Å². The van der Waals surface area contributed by atoms with E-state index in [1.165, 1.54) is 0 Å². The van der Waals surface area contributed by atoms with Crippen molar-refractivity contribution in [2.24, 2.45) is 12.8 Å². The Hall–Kier alpha value is -3.49. The van der Waals surface area contributed by atoms with Gasteiger partial charge in [-0.2, -0.15) is 10.2 Å². The van der Waals surface area contributed by atoms with Crippen LogP contribution in [0, 0.1) is 0 Å². The molecule has 2 aromatic heterocycles. The van der Waals surface area contributed by atoms with Crippen LogP contribution < -0.4 is 16.2 Å². The first-order chi connectivity index (χ1) is 14.5. The quantitative estimate of drug-likeness (QED) is 0.529. The van der Waals surface area contributed by atoms with Crippen LogP contribution in [0.3, 0.4) is 0 Å². The second-order valence-electron chi connectivity index (χ2n) is 7.13. The normalized spacial score (nSPS) is 13.3. The molecule has 2 aromatic carbocycles. The number of H-pyrrole nitrogens is 1. The van der Waals surface area contributed by atoms with Gasteiger partial charge in [0.05, 0.1) is 23.8 Å². The highest BCUT2D eigenvalue weighted by Crippen LogP contribution is 2.38. The third kappa shape index (κ3) is 2.65. The average Bonchev–Trinajstić information content (AvgIpc) is 3.29. The summed E-state index contributed by atoms with van der Waals surface area (Å²) in [6.45, 7) is 0.554. The summed E-state index contributed by atoms with van der Waals surface area (Å²) in [5.74, 6) is 0.526. The van der Waals surface area contributed by atoms with Crippen LogP contribution in [-0.4, -0.2) is 25.9 Å². The zero-order valence-electron chi connectivity index (χ0n) is 16.0. The number of amides is 1. The first kappa shape index (κ1) is 18.5. The van der Waals surface area contributed by atoms with Crippen LogP contribution in [-0.2, 0) is 20.1 Å². The van der Waals surface area contributed by atoms with E-state index in [0.29, 0.717) is 39.4 Å². The smallest absolute Gasteiger partial charge is 0.272 e. The van der Waals surface area contributed by atoms with Crippen LogP contribution in [0.15, 0.2) is 47.4 Å². The van der Waals surface area contributed by atoms with Gasteiger partial charge in [0.2, 0.25) is 0 Å². The van der Waals surface area contributed by atoms with Crippen LogP contribution in [0.5, 0.6) is 0 Å². The van der Waals surface area contributed by atoms with E-state index in [4.69, 9.17) is 17.3 Å². The van der Waals surface area contributed by atoms with E-state index >= 15 is 0 Å². The van der Waals surface area contributed by atoms with Gasteiger partial charge in [0.15, 0.2) is 0 Å². The Morgan fingerprint density at radius 1 is 1.17 bits per heavy atom. The van der Waals surface area contributed by atoms with Crippen molar-refractivity contribution in [2.75, 3.05) is 4.90 Å². The van der Waals surface area contributed by atoms with Gasteiger partial charge in [0.25, 0.3) is 11.5 Å². The lowest BCUT2D eigenvalue weighted by molar-refractivity contribution is 0.0995. The maximum absolute atomic E-state index is 13.1. The number of nitrogens with one attached hydrogen (secondary N) is 1. The molecule has 9 heteroatoms. The zero-order chi connectivity index (χ0) is 21.0. The van der Waals surface area contributed by atoms with Gasteiger partial charge < -0.3 is 5.73 Å². The SMILES string of the molecule is Cn1ncc(-c2ccc3c(=O)[nH]nc(CN)c3c2)c1N1Cc2c(Cl)cccc2C1=O. The van der Waals surface area contributed by atoms with Crippen molar-refractivity contribution in [3.63, 3.8) is 0 Å². The van der Waals surface area contributed by atoms with Crippen molar-refractivity contribution in [1.82, 2.24) is 20.0 Å². The first-order valence-corrected chi connectivity index (χ1v) is 9.70. The number of nitrogens with zero attached hydrogens (tertiary/aromatic N) is 4. The van der Waals surface area contributed by atoms with E-state index in [1.807, 2.05) is 12.1 Å². The van der Waals surface area contributed by atoms with Gasteiger partial charge in [0.1, 0.15) is 5.82 Å². The number of hydrogen-bond donors (Lipinski definition) is 2. The highest BCUT2D eigenvalue weighted by atomic mass is 35.5. The molecular formula is C21H17ClN6O2.